The highest BCUT2D eigenvalue weighted by Gasteiger charge is 2.52. The molecule has 2 aromatic carbocycles. The van der Waals surface area contributed by atoms with Gasteiger partial charge in [0, 0.05) is 15.2 Å². The predicted molar refractivity (Wildman–Crippen MR) is 131 cm³/mol. The fourth-order valence-electron chi connectivity index (χ4n) is 5.87. The van der Waals surface area contributed by atoms with Crippen LogP contribution in [-0.2, 0) is 11.0 Å². The van der Waals surface area contributed by atoms with E-state index < -0.39 is 5.60 Å². The fourth-order valence-corrected chi connectivity index (χ4v) is 6.23. The number of benzene rings is 2. The van der Waals surface area contributed by atoms with Crippen LogP contribution in [0, 0.1) is 15.4 Å². The highest BCUT2D eigenvalue weighted by Crippen LogP contribution is 2.60. The van der Waals surface area contributed by atoms with Gasteiger partial charge in [-0.1, -0.05) is 36.8 Å². The number of ether oxygens (including phenoxy) is 1. The summed E-state index contributed by atoms with van der Waals surface area (Å²) in [6.45, 7) is 1.74. The summed E-state index contributed by atoms with van der Waals surface area (Å²) in [6, 6.07) is 23.4. The van der Waals surface area contributed by atoms with Crippen LogP contribution in [0.3, 0.4) is 0 Å². The molecule has 160 valence electrons. The van der Waals surface area contributed by atoms with Crippen molar-refractivity contribution in [3.05, 3.63) is 93.3 Å². The average Bonchev–Trinajstić information content (AvgIpc) is 3.43. The molecule has 31 heavy (non-hydrogen) atoms. The largest absolute Gasteiger partial charge is 0.479 e. The maximum atomic E-state index is 10.0. The zero-order chi connectivity index (χ0) is 21.5. The second kappa shape index (κ2) is 8.21. The molecule has 4 unspecified atom stereocenters. The molecule has 2 bridgehead atoms. The zero-order valence-corrected chi connectivity index (χ0v) is 20.0. The van der Waals surface area contributed by atoms with E-state index in [1.54, 1.807) is 6.20 Å². The summed E-state index contributed by atoms with van der Waals surface area (Å²) in [6.07, 6.45) is 7.00. The standard InChI is InChI=1S/C27H28INO2/c1-26(18-30,25-4-2-3-15-29-25)31-24-13-9-21(10-14-24)27(17-19-5-6-22(27)16-19)20-7-11-23(28)12-8-20/h2-4,7-15,19,22,30H,5-6,16-18H2,1H3. The number of aromatic nitrogens is 1. The number of aliphatic hydroxyl groups excluding tert-OH is 1. The first kappa shape index (κ1) is 21.0. The van der Waals surface area contributed by atoms with Gasteiger partial charge in [0.2, 0.25) is 0 Å². The average molecular weight is 525 g/mol. The summed E-state index contributed by atoms with van der Waals surface area (Å²) < 4.78 is 7.54. The van der Waals surface area contributed by atoms with Crippen LogP contribution in [0.25, 0.3) is 0 Å². The number of rotatable bonds is 6. The quantitative estimate of drug-likeness (QED) is 0.397. The summed E-state index contributed by atoms with van der Waals surface area (Å²) in [4.78, 5) is 4.40. The Morgan fingerprint density at radius 2 is 1.74 bits per heavy atom. The molecule has 1 N–H and O–H groups in total. The minimum atomic E-state index is -0.872. The third-order valence-electron chi connectivity index (χ3n) is 7.43. The van der Waals surface area contributed by atoms with E-state index in [4.69, 9.17) is 4.74 Å². The molecule has 0 spiro atoms. The van der Waals surface area contributed by atoms with Crippen LogP contribution in [-0.4, -0.2) is 16.7 Å². The van der Waals surface area contributed by atoms with Crippen LogP contribution >= 0.6 is 22.6 Å². The lowest BCUT2D eigenvalue weighted by atomic mass is 9.64. The Hall–Kier alpha value is -1.92. The first-order chi connectivity index (χ1) is 15.0. The predicted octanol–water partition coefficient (Wildman–Crippen LogP) is 6.08. The Morgan fingerprint density at radius 1 is 1.03 bits per heavy atom. The number of fused-ring (bicyclic) bond motifs is 2. The van der Waals surface area contributed by atoms with Crippen LogP contribution in [0.15, 0.2) is 72.9 Å². The highest BCUT2D eigenvalue weighted by atomic mass is 127. The summed E-state index contributed by atoms with van der Waals surface area (Å²) in [5.41, 5.74) is 2.79. The molecule has 4 heteroatoms. The maximum absolute atomic E-state index is 10.0. The van der Waals surface area contributed by atoms with Crippen molar-refractivity contribution < 1.29 is 9.84 Å². The van der Waals surface area contributed by atoms with Crippen LogP contribution in [0.4, 0.5) is 0 Å². The van der Waals surface area contributed by atoms with E-state index in [-0.39, 0.29) is 12.0 Å². The lowest BCUT2D eigenvalue weighted by Gasteiger charge is -2.39. The maximum Gasteiger partial charge on any atom is 0.171 e. The van der Waals surface area contributed by atoms with Gasteiger partial charge in [0.05, 0.1) is 12.3 Å². The Balaban J connectivity index is 1.47. The van der Waals surface area contributed by atoms with E-state index in [2.05, 4.69) is 76.1 Å². The van der Waals surface area contributed by atoms with Gasteiger partial charge in [-0.05, 0) is 108 Å². The molecule has 0 amide bonds. The van der Waals surface area contributed by atoms with Crippen molar-refractivity contribution in [2.24, 2.45) is 11.8 Å². The minimum absolute atomic E-state index is 0.104. The van der Waals surface area contributed by atoms with Crippen molar-refractivity contribution >= 4 is 22.6 Å². The molecule has 3 aromatic rings. The van der Waals surface area contributed by atoms with Gasteiger partial charge < -0.3 is 9.84 Å². The molecule has 2 fully saturated rings. The molecular formula is C27H28INO2. The summed E-state index contributed by atoms with van der Waals surface area (Å²) in [5.74, 6) is 2.30. The number of hydrogen-bond donors (Lipinski definition) is 1. The Labute approximate surface area is 198 Å². The molecule has 2 saturated carbocycles. The lowest BCUT2D eigenvalue weighted by Crippen LogP contribution is -2.35. The minimum Gasteiger partial charge on any atom is -0.479 e. The van der Waals surface area contributed by atoms with Crippen LogP contribution in [0.2, 0.25) is 0 Å². The molecule has 2 aliphatic rings. The normalized spacial score (nSPS) is 26.5. The van der Waals surface area contributed by atoms with E-state index in [9.17, 15) is 5.11 Å². The second-order valence-corrected chi connectivity index (χ2v) is 10.5. The molecule has 0 saturated heterocycles. The van der Waals surface area contributed by atoms with Crippen molar-refractivity contribution in [2.45, 2.75) is 43.6 Å². The third kappa shape index (κ3) is 3.68. The number of pyridine rings is 1. The molecule has 1 aromatic heterocycles. The SMILES string of the molecule is CC(CO)(Oc1ccc(C2(c3ccc(I)cc3)CC3CCC2C3)cc1)c1ccccn1. The van der Waals surface area contributed by atoms with Gasteiger partial charge in [-0.25, -0.2) is 0 Å². The van der Waals surface area contributed by atoms with Crippen molar-refractivity contribution in [3.8, 4) is 5.75 Å². The fraction of sp³-hybridized carbons (Fsp3) is 0.370. The van der Waals surface area contributed by atoms with Gasteiger partial charge in [-0.2, -0.15) is 0 Å². The van der Waals surface area contributed by atoms with E-state index in [1.807, 2.05) is 25.1 Å². The van der Waals surface area contributed by atoms with Gasteiger partial charge in [-0.3, -0.25) is 4.98 Å². The number of hydrogen-bond acceptors (Lipinski definition) is 3. The Bertz CT molecular complexity index is 1040. The number of aliphatic hydroxyl groups is 1. The van der Waals surface area contributed by atoms with E-state index in [1.165, 1.54) is 40.4 Å². The van der Waals surface area contributed by atoms with Gasteiger partial charge in [0.1, 0.15) is 5.75 Å². The van der Waals surface area contributed by atoms with Gasteiger partial charge in [0.15, 0.2) is 5.60 Å². The van der Waals surface area contributed by atoms with Crippen LogP contribution in [0.1, 0.15) is 49.4 Å². The smallest absolute Gasteiger partial charge is 0.171 e. The molecule has 4 atom stereocenters. The highest BCUT2D eigenvalue weighted by molar-refractivity contribution is 14.1. The first-order valence-electron chi connectivity index (χ1n) is 11.1. The summed E-state index contributed by atoms with van der Waals surface area (Å²) in [5, 5.41) is 10.0. The summed E-state index contributed by atoms with van der Waals surface area (Å²) >= 11 is 2.39. The number of halogens is 1. The first-order valence-corrected chi connectivity index (χ1v) is 12.2. The molecule has 5 rings (SSSR count). The molecule has 1 heterocycles. The van der Waals surface area contributed by atoms with Crippen molar-refractivity contribution in [2.75, 3.05) is 6.61 Å². The van der Waals surface area contributed by atoms with Crippen molar-refractivity contribution in [1.82, 2.24) is 4.98 Å². The van der Waals surface area contributed by atoms with Crippen molar-refractivity contribution in [1.29, 1.82) is 0 Å². The topological polar surface area (TPSA) is 42.4 Å². The van der Waals surface area contributed by atoms with Crippen molar-refractivity contribution in [3.63, 3.8) is 0 Å². The molecule has 2 aliphatic carbocycles. The molecule has 0 aliphatic heterocycles. The van der Waals surface area contributed by atoms with Gasteiger partial charge in [0.25, 0.3) is 0 Å². The second-order valence-electron chi connectivity index (χ2n) is 9.29. The van der Waals surface area contributed by atoms with E-state index >= 15 is 0 Å². The van der Waals surface area contributed by atoms with Gasteiger partial charge >= 0.3 is 0 Å². The molecular weight excluding hydrogens is 497 g/mol. The van der Waals surface area contributed by atoms with Gasteiger partial charge in [-0.15, -0.1) is 0 Å². The monoisotopic (exact) mass is 525 g/mol. The third-order valence-corrected chi connectivity index (χ3v) is 8.15. The summed E-state index contributed by atoms with van der Waals surface area (Å²) in [7, 11) is 0. The zero-order valence-electron chi connectivity index (χ0n) is 17.8. The van der Waals surface area contributed by atoms with Crippen LogP contribution in [0.5, 0.6) is 5.75 Å². The molecule has 3 nitrogen and oxygen atoms in total. The number of nitrogens with zero attached hydrogens (tertiary/aromatic N) is 1. The van der Waals surface area contributed by atoms with Crippen LogP contribution < -0.4 is 4.74 Å². The lowest BCUT2D eigenvalue weighted by molar-refractivity contribution is 0.0180. The Morgan fingerprint density at radius 3 is 2.29 bits per heavy atom. The van der Waals surface area contributed by atoms with E-state index in [0.29, 0.717) is 5.92 Å². The van der Waals surface area contributed by atoms with E-state index in [0.717, 1.165) is 17.4 Å². The molecule has 0 radical (unpaired) electrons. The Kier molecular flexibility index (Phi) is 5.55.